The van der Waals surface area contributed by atoms with Crippen molar-refractivity contribution in [1.29, 1.82) is 10.5 Å². The molecule has 0 amide bonds. The van der Waals surface area contributed by atoms with Crippen LogP contribution in [-0.4, -0.2) is 9.55 Å². The van der Waals surface area contributed by atoms with E-state index in [1.165, 1.54) is 10.9 Å². The fourth-order valence-electron chi connectivity index (χ4n) is 1.67. The number of hydrogen-bond donors (Lipinski definition) is 1. The first-order valence-corrected chi connectivity index (χ1v) is 5.39. The Morgan fingerprint density at radius 1 is 1.33 bits per heavy atom. The van der Waals surface area contributed by atoms with Crippen LogP contribution in [0.3, 0.4) is 0 Å². The molecule has 2 aromatic rings. The molecule has 0 unspecified atom stereocenters. The van der Waals surface area contributed by atoms with Crippen LogP contribution < -0.4 is 5.73 Å². The molecular formula is C12H8ClN5. The van der Waals surface area contributed by atoms with E-state index in [1.807, 2.05) is 19.1 Å². The summed E-state index contributed by atoms with van der Waals surface area (Å²) in [4.78, 5) is 3.88. The number of imidazole rings is 1. The predicted octanol–water partition coefficient (Wildman–Crippen LogP) is 2.16. The molecule has 0 aliphatic rings. The van der Waals surface area contributed by atoms with Gasteiger partial charge in [0.15, 0.2) is 11.4 Å². The molecule has 2 N–H and O–H groups in total. The second kappa shape index (κ2) is 4.40. The van der Waals surface area contributed by atoms with Crippen molar-refractivity contribution in [3.05, 3.63) is 40.4 Å². The van der Waals surface area contributed by atoms with E-state index in [4.69, 9.17) is 27.9 Å². The van der Waals surface area contributed by atoms with E-state index in [2.05, 4.69) is 4.98 Å². The average Bonchev–Trinajstić information content (AvgIpc) is 2.76. The summed E-state index contributed by atoms with van der Waals surface area (Å²) >= 11 is 5.97. The lowest BCUT2D eigenvalue weighted by Gasteiger charge is -2.10. The third-order valence-electron chi connectivity index (χ3n) is 2.55. The van der Waals surface area contributed by atoms with E-state index < -0.39 is 0 Å². The van der Waals surface area contributed by atoms with Gasteiger partial charge >= 0.3 is 0 Å². The summed E-state index contributed by atoms with van der Waals surface area (Å²) in [5.41, 5.74) is 7.96. The molecule has 1 aromatic heterocycles. The molecule has 88 valence electrons. The van der Waals surface area contributed by atoms with Gasteiger partial charge in [-0.05, 0) is 24.6 Å². The number of nitrogens with zero attached hydrogens (tertiary/aromatic N) is 4. The molecule has 0 fully saturated rings. The fraction of sp³-hybridized carbons (Fsp3) is 0.0833. The molecule has 0 atom stereocenters. The van der Waals surface area contributed by atoms with Crippen molar-refractivity contribution in [2.24, 2.45) is 0 Å². The van der Waals surface area contributed by atoms with Crippen molar-refractivity contribution >= 4 is 17.3 Å². The lowest BCUT2D eigenvalue weighted by atomic mass is 10.1. The topological polar surface area (TPSA) is 91.4 Å². The standard InChI is InChI=1S/C12H8ClN5/c1-7-2-9(16)8(13)3-11(7)18-6-17-10(4-14)12(18)5-15/h2-3,6H,16H2,1H3. The number of rotatable bonds is 1. The predicted molar refractivity (Wildman–Crippen MR) is 67.2 cm³/mol. The number of benzene rings is 1. The number of nitrogens with two attached hydrogens (primary N) is 1. The van der Waals surface area contributed by atoms with Crippen molar-refractivity contribution in [3.63, 3.8) is 0 Å². The van der Waals surface area contributed by atoms with Crippen LogP contribution in [0.2, 0.25) is 5.02 Å². The lowest BCUT2D eigenvalue weighted by Crippen LogP contribution is -2.01. The zero-order chi connectivity index (χ0) is 13.3. The van der Waals surface area contributed by atoms with Gasteiger partial charge in [0.25, 0.3) is 0 Å². The highest BCUT2D eigenvalue weighted by atomic mass is 35.5. The average molecular weight is 258 g/mol. The van der Waals surface area contributed by atoms with E-state index in [-0.39, 0.29) is 11.4 Å². The zero-order valence-corrected chi connectivity index (χ0v) is 10.2. The molecule has 0 saturated heterocycles. The summed E-state index contributed by atoms with van der Waals surface area (Å²) in [6, 6.07) is 7.19. The van der Waals surface area contributed by atoms with Crippen molar-refractivity contribution in [2.75, 3.05) is 5.73 Å². The number of nitriles is 2. The highest BCUT2D eigenvalue weighted by Crippen LogP contribution is 2.27. The Bertz CT molecular complexity index is 702. The van der Waals surface area contributed by atoms with E-state index in [9.17, 15) is 0 Å². The Kier molecular flexibility index (Phi) is 2.93. The van der Waals surface area contributed by atoms with E-state index in [0.29, 0.717) is 16.4 Å². The molecule has 0 bridgehead atoms. The maximum Gasteiger partial charge on any atom is 0.177 e. The first kappa shape index (κ1) is 12.0. The summed E-state index contributed by atoms with van der Waals surface area (Å²) in [5, 5.41) is 18.3. The summed E-state index contributed by atoms with van der Waals surface area (Å²) in [5.74, 6) is 0. The van der Waals surface area contributed by atoms with Gasteiger partial charge in [0, 0.05) is 0 Å². The van der Waals surface area contributed by atoms with E-state index >= 15 is 0 Å². The molecule has 18 heavy (non-hydrogen) atoms. The van der Waals surface area contributed by atoms with E-state index in [1.54, 1.807) is 12.1 Å². The maximum absolute atomic E-state index is 9.08. The number of anilines is 1. The minimum atomic E-state index is 0.0878. The number of nitrogen functional groups attached to an aromatic ring is 1. The summed E-state index contributed by atoms with van der Waals surface area (Å²) < 4.78 is 1.53. The Balaban J connectivity index is 2.71. The van der Waals surface area contributed by atoms with Crippen LogP contribution in [0.4, 0.5) is 5.69 Å². The lowest BCUT2D eigenvalue weighted by molar-refractivity contribution is 1.02. The molecule has 0 radical (unpaired) electrons. The summed E-state index contributed by atoms with van der Waals surface area (Å²) in [7, 11) is 0. The highest BCUT2D eigenvalue weighted by molar-refractivity contribution is 6.33. The second-order valence-electron chi connectivity index (χ2n) is 3.70. The van der Waals surface area contributed by atoms with Gasteiger partial charge in [0.1, 0.15) is 18.5 Å². The minimum absolute atomic E-state index is 0.0878. The van der Waals surface area contributed by atoms with Crippen LogP contribution in [0, 0.1) is 29.6 Å². The first-order chi connectivity index (χ1) is 8.58. The van der Waals surface area contributed by atoms with Crippen molar-refractivity contribution in [3.8, 4) is 17.8 Å². The maximum atomic E-state index is 9.08. The smallest absolute Gasteiger partial charge is 0.177 e. The summed E-state index contributed by atoms with van der Waals surface area (Å²) in [6.45, 7) is 1.84. The normalized spacial score (nSPS) is 9.78. The van der Waals surface area contributed by atoms with Gasteiger partial charge in [0.2, 0.25) is 0 Å². The van der Waals surface area contributed by atoms with Gasteiger partial charge in [-0.25, -0.2) is 4.98 Å². The Labute approximate surface area is 109 Å². The van der Waals surface area contributed by atoms with Crippen LogP contribution in [0.5, 0.6) is 0 Å². The van der Waals surface area contributed by atoms with Crippen LogP contribution >= 0.6 is 11.6 Å². The third-order valence-corrected chi connectivity index (χ3v) is 2.88. The van der Waals surface area contributed by atoms with Gasteiger partial charge in [-0.15, -0.1) is 0 Å². The van der Waals surface area contributed by atoms with Crippen LogP contribution in [0.1, 0.15) is 17.0 Å². The Hall–Kier alpha value is -2.50. The molecule has 1 heterocycles. The highest BCUT2D eigenvalue weighted by Gasteiger charge is 2.14. The minimum Gasteiger partial charge on any atom is -0.398 e. The van der Waals surface area contributed by atoms with E-state index in [0.717, 1.165) is 5.56 Å². The van der Waals surface area contributed by atoms with Gasteiger partial charge in [-0.2, -0.15) is 10.5 Å². The molecule has 2 rings (SSSR count). The molecule has 6 heteroatoms. The van der Waals surface area contributed by atoms with Gasteiger partial charge in [-0.3, -0.25) is 4.57 Å². The second-order valence-corrected chi connectivity index (χ2v) is 4.10. The molecule has 0 spiro atoms. The summed E-state index contributed by atoms with van der Waals surface area (Å²) in [6.07, 6.45) is 1.42. The number of aryl methyl sites for hydroxylation is 1. The van der Waals surface area contributed by atoms with Crippen LogP contribution in [-0.2, 0) is 0 Å². The Morgan fingerprint density at radius 3 is 2.67 bits per heavy atom. The molecule has 5 nitrogen and oxygen atoms in total. The largest absolute Gasteiger partial charge is 0.398 e. The molecule has 0 aliphatic carbocycles. The van der Waals surface area contributed by atoms with Crippen molar-refractivity contribution in [2.45, 2.75) is 6.92 Å². The molecule has 0 saturated carbocycles. The van der Waals surface area contributed by atoms with Crippen molar-refractivity contribution in [1.82, 2.24) is 9.55 Å². The quantitative estimate of drug-likeness (QED) is 0.793. The molecule has 1 aromatic carbocycles. The molecule has 0 aliphatic heterocycles. The van der Waals surface area contributed by atoms with Crippen LogP contribution in [0.25, 0.3) is 5.69 Å². The molecular weight excluding hydrogens is 250 g/mol. The third kappa shape index (κ3) is 1.77. The van der Waals surface area contributed by atoms with Gasteiger partial charge in [-0.1, -0.05) is 11.6 Å². The van der Waals surface area contributed by atoms with Gasteiger partial charge < -0.3 is 5.73 Å². The zero-order valence-electron chi connectivity index (χ0n) is 9.48. The van der Waals surface area contributed by atoms with Crippen LogP contribution in [0.15, 0.2) is 18.5 Å². The SMILES string of the molecule is Cc1cc(N)c(Cl)cc1-n1cnc(C#N)c1C#N. The number of hydrogen-bond acceptors (Lipinski definition) is 4. The fourth-order valence-corrected chi connectivity index (χ4v) is 1.83. The monoisotopic (exact) mass is 257 g/mol. The van der Waals surface area contributed by atoms with Crippen molar-refractivity contribution < 1.29 is 0 Å². The first-order valence-electron chi connectivity index (χ1n) is 5.02. The number of halogens is 1. The number of aromatic nitrogens is 2. The van der Waals surface area contributed by atoms with Gasteiger partial charge in [0.05, 0.1) is 16.4 Å². The Morgan fingerprint density at radius 2 is 2.06 bits per heavy atom.